The van der Waals surface area contributed by atoms with Crippen molar-refractivity contribution < 1.29 is 23.9 Å². The Morgan fingerprint density at radius 3 is 2.38 bits per heavy atom. The summed E-state index contributed by atoms with van der Waals surface area (Å²) in [6.07, 6.45) is 2.05. The first-order chi connectivity index (χ1) is 14.0. The smallest absolute Gasteiger partial charge is 0.328 e. The molecule has 3 rings (SSSR count). The molecule has 1 aromatic rings. The van der Waals surface area contributed by atoms with Gasteiger partial charge in [0.25, 0.3) is 5.91 Å². The summed E-state index contributed by atoms with van der Waals surface area (Å²) >= 11 is 0. The van der Waals surface area contributed by atoms with Crippen molar-refractivity contribution in [3.05, 3.63) is 35.9 Å². The number of urea groups is 1. The minimum Gasteiger partial charge on any atom is -0.468 e. The Bertz CT molecular complexity index is 731. The molecule has 2 fully saturated rings. The van der Waals surface area contributed by atoms with Crippen molar-refractivity contribution in [1.29, 1.82) is 0 Å². The number of imide groups is 1. The summed E-state index contributed by atoms with van der Waals surface area (Å²) in [6, 6.07) is 9.87. The molecule has 8 heteroatoms. The van der Waals surface area contributed by atoms with Crippen LogP contribution in [0.4, 0.5) is 4.79 Å². The van der Waals surface area contributed by atoms with Crippen molar-refractivity contribution >= 4 is 17.9 Å². The second-order valence-electron chi connectivity index (χ2n) is 7.50. The number of amides is 3. The second-order valence-corrected chi connectivity index (χ2v) is 7.50. The van der Waals surface area contributed by atoms with Crippen LogP contribution in [0.2, 0.25) is 0 Å². The van der Waals surface area contributed by atoms with Gasteiger partial charge in [0, 0.05) is 33.3 Å². The number of methoxy groups -OCH3 is 2. The molecule has 2 saturated heterocycles. The van der Waals surface area contributed by atoms with Crippen LogP contribution >= 0.6 is 0 Å². The molecule has 0 unspecified atom stereocenters. The third kappa shape index (κ3) is 4.43. The highest BCUT2D eigenvalue weighted by molar-refractivity contribution is 6.08. The van der Waals surface area contributed by atoms with Gasteiger partial charge < -0.3 is 19.3 Å². The number of esters is 1. The number of benzene rings is 1. The van der Waals surface area contributed by atoms with E-state index in [4.69, 9.17) is 4.74 Å². The molecule has 0 bridgehead atoms. The zero-order chi connectivity index (χ0) is 20.9. The second kappa shape index (κ2) is 9.37. The van der Waals surface area contributed by atoms with E-state index >= 15 is 0 Å². The average Bonchev–Trinajstić information content (AvgIpc) is 2.93. The molecule has 0 aromatic heterocycles. The van der Waals surface area contributed by atoms with Crippen LogP contribution in [0, 0.1) is 0 Å². The number of ether oxygens (including phenoxy) is 2. The Hall–Kier alpha value is -2.45. The number of likely N-dealkylation sites (tertiary alicyclic amines) is 1. The lowest BCUT2D eigenvalue weighted by molar-refractivity contribution is -0.146. The summed E-state index contributed by atoms with van der Waals surface area (Å²) in [4.78, 5) is 42.7. The highest BCUT2D eigenvalue weighted by atomic mass is 16.5. The molecule has 0 radical (unpaired) electrons. The van der Waals surface area contributed by atoms with E-state index in [-0.39, 0.29) is 12.5 Å². The van der Waals surface area contributed by atoms with Crippen molar-refractivity contribution in [2.24, 2.45) is 0 Å². The van der Waals surface area contributed by atoms with Gasteiger partial charge in [-0.3, -0.25) is 14.5 Å². The number of hydrogen-bond donors (Lipinski definition) is 0. The predicted octanol–water partition coefficient (Wildman–Crippen LogP) is 1.15. The molecule has 0 aliphatic carbocycles. The molecule has 2 aliphatic heterocycles. The summed E-state index contributed by atoms with van der Waals surface area (Å²) in [7, 11) is 2.81. The first-order valence-electron chi connectivity index (χ1n) is 9.97. The van der Waals surface area contributed by atoms with Crippen molar-refractivity contribution in [3.63, 3.8) is 0 Å². The molecule has 158 valence electrons. The highest BCUT2D eigenvalue weighted by Gasteiger charge is 2.58. The molecule has 2 heterocycles. The number of carbonyl (C=O) groups excluding carboxylic acids is 3. The van der Waals surface area contributed by atoms with Gasteiger partial charge in [0.2, 0.25) is 0 Å². The number of piperidine rings is 1. The molecule has 2 aliphatic rings. The van der Waals surface area contributed by atoms with E-state index in [2.05, 4.69) is 21.8 Å². The number of nitrogens with zero attached hydrogens (tertiary/aromatic N) is 3. The van der Waals surface area contributed by atoms with Crippen molar-refractivity contribution in [2.45, 2.75) is 24.8 Å². The maximum Gasteiger partial charge on any atom is 0.328 e. The van der Waals surface area contributed by atoms with Gasteiger partial charge in [0.05, 0.1) is 13.7 Å². The lowest BCUT2D eigenvalue weighted by Crippen LogP contribution is -2.57. The maximum atomic E-state index is 13.2. The van der Waals surface area contributed by atoms with E-state index in [9.17, 15) is 14.4 Å². The Morgan fingerprint density at radius 1 is 1.07 bits per heavy atom. The molecular weight excluding hydrogens is 374 g/mol. The molecule has 8 nitrogen and oxygen atoms in total. The van der Waals surface area contributed by atoms with Gasteiger partial charge in [-0.05, 0) is 24.8 Å². The van der Waals surface area contributed by atoms with Crippen LogP contribution in [-0.2, 0) is 25.5 Å². The lowest BCUT2D eigenvalue weighted by atomic mass is 9.85. The largest absolute Gasteiger partial charge is 0.468 e. The van der Waals surface area contributed by atoms with Gasteiger partial charge in [-0.15, -0.1) is 0 Å². The van der Waals surface area contributed by atoms with Crippen LogP contribution in [0.25, 0.3) is 0 Å². The quantitative estimate of drug-likeness (QED) is 0.479. The third-order valence-corrected chi connectivity index (χ3v) is 5.90. The summed E-state index contributed by atoms with van der Waals surface area (Å²) in [6.45, 7) is 2.67. The van der Waals surface area contributed by atoms with Crippen LogP contribution in [0.3, 0.4) is 0 Å². The summed E-state index contributed by atoms with van der Waals surface area (Å²) in [5, 5.41) is 0. The van der Waals surface area contributed by atoms with E-state index in [0.29, 0.717) is 26.0 Å². The Labute approximate surface area is 171 Å². The van der Waals surface area contributed by atoms with Crippen LogP contribution < -0.4 is 0 Å². The Balaban J connectivity index is 1.68. The minimum atomic E-state index is -0.896. The Kier molecular flexibility index (Phi) is 6.87. The van der Waals surface area contributed by atoms with Gasteiger partial charge in [0.15, 0.2) is 0 Å². The fraction of sp³-hybridized carbons (Fsp3) is 0.571. The van der Waals surface area contributed by atoms with Gasteiger partial charge in [0.1, 0.15) is 12.1 Å². The zero-order valence-corrected chi connectivity index (χ0v) is 17.1. The average molecular weight is 403 g/mol. The summed E-state index contributed by atoms with van der Waals surface area (Å²) in [5.41, 5.74) is 0.387. The maximum absolute atomic E-state index is 13.2. The van der Waals surface area contributed by atoms with E-state index in [1.165, 1.54) is 12.7 Å². The molecule has 29 heavy (non-hydrogen) atoms. The first kappa shape index (κ1) is 21.3. The zero-order valence-electron chi connectivity index (χ0n) is 17.1. The van der Waals surface area contributed by atoms with Crippen LogP contribution in [0.1, 0.15) is 18.4 Å². The fourth-order valence-corrected chi connectivity index (χ4v) is 4.17. The van der Waals surface area contributed by atoms with E-state index in [0.717, 1.165) is 31.0 Å². The Morgan fingerprint density at radius 2 is 1.76 bits per heavy atom. The van der Waals surface area contributed by atoms with Crippen molar-refractivity contribution in [3.8, 4) is 0 Å². The lowest BCUT2D eigenvalue weighted by Gasteiger charge is -2.42. The highest BCUT2D eigenvalue weighted by Crippen LogP contribution is 2.37. The van der Waals surface area contributed by atoms with Crippen molar-refractivity contribution in [1.82, 2.24) is 14.7 Å². The van der Waals surface area contributed by atoms with E-state index < -0.39 is 17.5 Å². The number of hydrogen-bond acceptors (Lipinski definition) is 6. The van der Waals surface area contributed by atoms with Crippen molar-refractivity contribution in [2.75, 3.05) is 53.6 Å². The van der Waals surface area contributed by atoms with Gasteiger partial charge >= 0.3 is 12.0 Å². The molecule has 0 N–H and O–H groups in total. The molecular formula is C21H29N3O5. The molecule has 3 amide bonds. The SMILES string of the molecule is COCCN1C(=O)N(CC(=O)OC)C(=O)C12CCN(CCc1ccccc1)CC2. The molecule has 0 saturated carbocycles. The normalized spacial score (nSPS) is 19.2. The van der Waals surface area contributed by atoms with Crippen LogP contribution in [-0.4, -0.2) is 91.7 Å². The summed E-state index contributed by atoms with van der Waals surface area (Å²) in [5.74, 6) is -0.901. The van der Waals surface area contributed by atoms with Gasteiger partial charge in [-0.2, -0.15) is 0 Å². The van der Waals surface area contributed by atoms with E-state index in [1.54, 1.807) is 12.0 Å². The topological polar surface area (TPSA) is 79.4 Å². The predicted molar refractivity (Wildman–Crippen MR) is 106 cm³/mol. The molecule has 1 spiro atoms. The van der Waals surface area contributed by atoms with Crippen LogP contribution in [0.5, 0.6) is 0 Å². The summed E-state index contributed by atoms with van der Waals surface area (Å²) < 4.78 is 9.80. The molecule has 1 aromatic carbocycles. The molecule has 0 atom stereocenters. The van der Waals surface area contributed by atoms with Gasteiger partial charge in [-0.25, -0.2) is 4.79 Å². The number of carbonyl (C=O) groups is 3. The standard InChI is InChI=1S/C21H29N3O5/c1-28-15-14-24-20(27)23(16-18(25)29-2)19(26)21(24)9-12-22(13-10-21)11-8-17-6-4-3-5-7-17/h3-7H,8-16H2,1-2H3. The van der Waals surface area contributed by atoms with Crippen LogP contribution in [0.15, 0.2) is 30.3 Å². The fourth-order valence-electron chi connectivity index (χ4n) is 4.17. The third-order valence-electron chi connectivity index (χ3n) is 5.90. The van der Waals surface area contributed by atoms with Gasteiger partial charge in [-0.1, -0.05) is 30.3 Å². The number of rotatable bonds is 8. The minimum absolute atomic E-state index is 0.299. The van der Waals surface area contributed by atoms with E-state index in [1.807, 2.05) is 18.2 Å². The monoisotopic (exact) mass is 403 g/mol. The first-order valence-corrected chi connectivity index (χ1v) is 9.97.